The molecule has 0 aliphatic carbocycles. The van der Waals surface area contributed by atoms with Gasteiger partial charge in [0.2, 0.25) is 11.9 Å². The van der Waals surface area contributed by atoms with Crippen LogP contribution in [0.2, 0.25) is 0 Å². The average Bonchev–Trinajstić information content (AvgIpc) is 2.75. The van der Waals surface area contributed by atoms with Crippen LogP contribution in [0.4, 0.5) is 11.8 Å². The van der Waals surface area contributed by atoms with Crippen molar-refractivity contribution in [1.82, 2.24) is 20.2 Å². The van der Waals surface area contributed by atoms with Gasteiger partial charge in [-0.3, -0.25) is 10.1 Å². The molecule has 2 heterocycles. The predicted octanol–water partition coefficient (Wildman–Crippen LogP) is 3.21. The fourth-order valence-electron chi connectivity index (χ4n) is 3.51. The molecule has 0 atom stereocenters. The molecule has 1 aliphatic heterocycles. The maximum absolute atomic E-state index is 12.3. The SMILES string of the molecule is COc1cc(C(C)C)c(Oc2cnc(NC(=O)CNC3CCN(C)CC3)nc2N)cc1I. The van der Waals surface area contributed by atoms with Crippen LogP contribution >= 0.6 is 22.6 Å². The minimum absolute atomic E-state index is 0.151. The number of benzene rings is 1. The predicted molar refractivity (Wildman–Crippen MR) is 133 cm³/mol. The van der Waals surface area contributed by atoms with E-state index in [0.717, 1.165) is 40.8 Å². The third-order valence-electron chi connectivity index (χ3n) is 5.43. The highest BCUT2D eigenvalue weighted by Gasteiger charge is 2.18. The number of carbonyl (C=O) groups is 1. The van der Waals surface area contributed by atoms with Crippen LogP contribution in [0.25, 0.3) is 0 Å². The van der Waals surface area contributed by atoms with Crippen molar-refractivity contribution in [1.29, 1.82) is 0 Å². The number of carbonyl (C=O) groups excluding carboxylic acids is 1. The van der Waals surface area contributed by atoms with Gasteiger partial charge in [-0.1, -0.05) is 13.8 Å². The van der Waals surface area contributed by atoms with Crippen molar-refractivity contribution in [3.8, 4) is 17.2 Å². The Kier molecular flexibility index (Phi) is 8.49. The number of anilines is 2. The van der Waals surface area contributed by atoms with Crippen LogP contribution in [0.15, 0.2) is 18.3 Å². The van der Waals surface area contributed by atoms with E-state index in [0.29, 0.717) is 17.5 Å². The molecular weight excluding hydrogens is 523 g/mol. The number of methoxy groups -OCH3 is 1. The van der Waals surface area contributed by atoms with Gasteiger partial charge in [0.05, 0.1) is 23.4 Å². The van der Waals surface area contributed by atoms with Crippen LogP contribution in [-0.2, 0) is 4.79 Å². The van der Waals surface area contributed by atoms with Crippen LogP contribution in [0.3, 0.4) is 0 Å². The second-order valence-corrected chi connectivity index (χ2v) is 9.39. The van der Waals surface area contributed by atoms with Crippen molar-refractivity contribution < 1.29 is 14.3 Å². The van der Waals surface area contributed by atoms with E-state index in [9.17, 15) is 4.79 Å². The molecule has 0 radical (unpaired) electrons. The lowest BCUT2D eigenvalue weighted by Crippen LogP contribution is -2.43. The highest BCUT2D eigenvalue weighted by Crippen LogP contribution is 2.37. The first kappa shape index (κ1) is 24.5. The number of ether oxygens (including phenoxy) is 2. The van der Waals surface area contributed by atoms with E-state index >= 15 is 0 Å². The summed E-state index contributed by atoms with van der Waals surface area (Å²) in [5.74, 6) is 2.10. The minimum atomic E-state index is -0.205. The molecule has 32 heavy (non-hydrogen) atoms. The lowest BCUT2D eigenvalue weighted by molar-refractivity contribution is -0.115. The normalized spacial score (nSPS) is 15.1. The van der Waals surface area contributed by atoms with Crippen molar-refractivity contribution >= 4 is 40.3 Å². The van der Waals surface area contributed by atoms with Gasteiger partial charge in [0.1, 0.15) is 11.5 Å². The molecule has 174 valence electrons. The van der Waals surface area contributed by atoms with Crippen molar-refractivity contribution in [3.63, 3.8) is 0 Å². The molecule has 1 fully saturated rings. The van der Waals surface area contributed by atoms with Gasteiger partial charge in [-0.2, -0.15) is 4.98 Å². The minimum Gasteiger partial charge on any atom is -0.496 e. The van der Waals surface area contributed by atoms with E-state index in [4.69, 9.17) is 15.2 Å². The Hall–Kier alpha value is -2.18. The van der Waals surface area contributed by atoms with Crippen LogP contribution < -0.4 is 25.8 Å². The second-order valence-electron chi connectivity index (χ2n) is 8.23. The first-order valence-corrected chi connectivity index (χ1v) is 11.7. The summed E-state index contributed by atoms with van der Waals surface area (Å²) in [6, 6.07) is 4.21. The van der Waals surface area contributed by atoms with Crippen molar-refractivity contribution in [2.75, 3.05) is 44.8 Å². The third kappa shape index (κ3) is 6.42. The van der Waals surface area contributed by atoms with E-state index in [2.05, 4.69) is 69.0 Å². The van der Waals surface area contributed by atoms with Crippen LogP contribution in [0.5, 0.6) is 17.2 Å². The number of likely N-dealkylation sites (tertiary alicyclic amines) is 1. The molecule has 10 heteroatoms. The first-order chi connectivity index (χ1) is 15.3. The summed E-state index contributed by atoms with van der Waals surface area (Å²) < 4.78 is 12.4. The number of aromatic nitrogens is 2. The number of nitrogens with zero attached hydrogens (tertiary/aromatic N) is 3. The van der Waals surface area contributed by atoms with Gasteiger partial charge < -0.3 is 25.4 Å². The molecule has 1 amide bonds. The van der Waals surface area contributed by atoms with Gasteiger partial charge in [-0.15, -0.1) is 0 Å². The van der Waals surface area contributed by atoms with Crippen LogP contribution in [0.1, 0.15) is 38.2 Å². The molecule has 0 bridgehead atoms. The molecule has 0 saturated carbocycles. The van der Waals surface area contributed by atoms with E-state index in [1.807, 2.05) is 12.1 Å². The number of amides is 1. The number of hydrogen-bond acceptors (Lipinski definition) is 8. The number of nitrogens with two attached hydrogens (primary N) is 1. The van der Waals surface area contributed by atoms with Gasteiger partial charge >= 0.3 is 0 Å². The maximum atomic E-state index is 12.3. The lowest BCUT2D eigenvalue weighted by atomic mass is 10.0. The van der Waals surface area contributed by atoms with Crippen LogP contribution in [-0.4, -0.2) is 60.6 Å². The number of piperidine rings is 1. The molecule has 1 saturated heterocycles. The molecule has 1 aromatic carbocycles. The Morgan fingerprint density at radius 3 is 2.62 bits per heavy atom. The van der Waals surface area contributed by atoms with Gasteiger partial charge in [-0.05, 0) is 73.6 Å². The largest absolute Gasteiger partial charge is 0.496 e. The summed E-state index contributed by atoms with van der Waals surface area (Å²) in [7, 11) is 3.75. The Bertz CT molecular complexity index is 948. The van der Waals surface area contributed by atoms with E-state index in [-0.39, 0.29) is 30.1 Å². The van der Waals surface area contributed by atoms with Crippen molar-refractivity contribution in [2.24, 2.45) is 0 Å². The topological polar surface area (TPSA) is 115 Å². The third-order valence-corrected chi connectivity index (χ3v) is 6.27. The summed E-state index contributed by atoms with van der Waals surface area (Å²) in [4.78, 5) is 23.0. The maximum Gasteiger partial charge on any atom is 0.240 e. The highest BCUT2D eigenvalue weighted by molar-refractivity contribution is 14.1. The molecule has 2 aromatic rings. The van der Waals surface area contributed by atoms with E-state index in [1.165, 1.54) is 6.20 Å². The van der Waals surface area contributed by atoms with Crippen LogP contribution in [0, 0.1) is 3.57 Å². The molecule has 1 aliphatic rings. The summed E-state index contributed by atoms with van der Waals surface area (Å²) in [6.45, 7) is 6.43. The molecule has 3 rings (SSSR count). The zero-order valence-electron chi connectivity index (χ0n) is 18.9. The van der Waals surface area contributed by atoms with Crippen molar-refractivity contribution in [3.05, 3.63) is 27.5 Å². The molecule has 4 N–H and O–H groups in total. The number of hydrogen-bond donors (Lipinski definition) is 3. The number of rotatable bonds is 8. The highest BCUT2D eigenvalue weighted by atomic mass is 127. The quantitative estimate of drug-likeness (QED) is 0.427. The Balaban J connectivity index is 1.63. The van der Waals surface area contributed by atoms with Gasteiger partial charge in [-0.25, -0.2) is 4.98 Å². The Morgan fingerprint density at radius 2 is 2.00 bits per heavy atom. The first-order valence-electron chi connectivity index (χ1n) is 10.7. The van der Waals surface area contributed by atoms with Gasteiger partial charge in [0, 0.05) is 11.6 Å². The summed E-state index contributed by atoms with van der Waals surface area (Å²) >= 11 is 2.20. The Labute approximate surface area is 202 Å². The standard InChI is InChI=1S/C22H31IN6O3/c1-13(2)15-9-18(31-4)16(23)10-17(15)32-19-11-26-22(28-21(19)24)27-20(30)12-25-14-5-7-29(3)8-6-14/h9-11,13-14,25H,5-8,12H2,1-4H3,(H3,24,26,27,28,30). The zero-order valence-corrected chi connectivity index (χ0v) is 21.1. The Morgan fingerprint density at radius 1 is 1.28 bits per heavy atom. The average molecular weight is 554 g/mol. The summed E-state index contributed by atoms with van der Waals surface area (Å²) in [5, 5.41) is 5.98. The van der Waals surface area contributed by atoms with Gasteiger partial charge in [0.25, 0.3) is 0 Å². The van der Waals surface area contributed by atoms with E-state index < -0.39 is 0 Å². The molecule has 0 spiro atoms. The second kappa shape index (κ2) is 11.1. The molecule has 0 unspecified atom stereocenters. The molecule has 1 aromatic heterocycles. The van der Waals surface area contributed by atoms with Gasteiger partial charge in [0.15, 0.2) is 11.6 Å². The number of nitrogens with one attached hydrogen (secondary N) is 2. The smallest absolute Gasteiger partial charge is 0.240 e. The fraction of sp³-hybridized carbons (Fsp3) is 0.500. The number of halogens is 1. The summed E-state index contributed by atoms with van der Waals surface area (Å²) in [5.41, 5.74) is 7.08. The van der Waals surface area contributed by atoms with E-state index in [1.54, 1.807) is 7.11 Å². The lowest BCUT2D eigenvalue weighted by Gasteiger charge is -2.29. The zero-order chi connectivity index (χ0) is 23.3. The summed E-state index contributed by atoms with van der Waals surface area (Å²) in [6.07, 6.45) is 3.54. The monoisotopic (exact) mass is 554 g/mol. The molecular formula is C22H31IN6O3. The fourth-order valence-corrected chi connectivity index (χ4v) is 4.17. The number of nitrogen functional groups attached to an aromatic ring is 1. The van der Waals surface area contributed by atoms with Crippen molar-refractivity contribution in [2.45, 2.75) is 38.6 Å². The molecule has 9 nitrogen and oxygen atoms in total.